The lowest BCUT2D eigenvalue weighted by Crippen LogP contribution is -2.11. The third-order valence-corrected chi connectivity index (χ3v) is 3.97. The number of benzene rings is 2. The molecule has 1 saturated heterocycles. The first-order chi connectivity index (χ1) is 10.3. The fraction of sp³-hybridized carbons (Fsp3) is 0.333. The molecule has 3 rings (SSSR count). The first kappa shape index (κ1) is 14.6. The Labute approximate surface area is 130 Å². The van der Waals surface area contributed by atoms with Crippen molar-refractivity contribution < 1.29 is 9.47 Å². The lowest BCUT2D eigenvalue weighted by atomic mass is 9.98. The highest BCUT2D eigenvalue weighted by atomic mass is 35.5. The molecule has 0 bridgehead atoms. The predicted octanol–water partition coefficient (Wildman–Crippen LogP) is 4.46. The molecule has 21 heavy (non-hydrogen) atoms. The molecule has 1 aliphatic heterocycles. The quantitative estimate of drug-likeness (QED) is 0.812. The number of hydrogen-bond acceptors (Lipinski definition) is 2. The first-order valence-corrected chi connectivity index (χ1v) is 7.69. The molecule has 0 radical (unpaired) electrons. The summed E-state index contributed by atoms with van der Waals surface area (Å²) in [5.41, 5.74) is 2.44. The maximum atomic E-state index is 6.02. The summed E-state index contributed by atoms with van der Waals surface area (Å²) in [6.07, 6.45) is 1.85. The van der Waals surface area contributed by atoms with E-state index < -0.39 is 0 Å². The summed E-state index contributed by atoms with van der Waals surface area (Å²) >= 11 is 6.02. The third-order valence-electron chi connectivity index (χ3n) is 3.74. The van der Waals surface area contributed by atoms with Gasteiger partial charge in [0, 0.05) is 11.4 Å². The molecule has 0 unspecified atom stereocenters. The van der Waals surface area contributed by atoms with Gasteiger partial charge in [0.05, 0.1) is 13.2 Å². The van der Waals surface area contributed by atoms with Crippen LogP contribution in [0.4, 0.5) is 0 Å². The molecule has 0 amide bonds. The Morgan fingerprint density at radius 3 is 2.67 bits per heavy atom. The van der Waals surface area contributed by atoms with Crippen LogP contribution >= 0.6 is 11.6 Å². The van der Waals surface area contributed by atoms with Gasteiger partial charge >= 0.3 is 0 Å². The first-order valence-electron chi connectivity index (χ1n) is 7.31. The maximum Gasteiger partial charge on any atom is 0.158 e. The largest absolute Gasteiger partial charge is 0.352 e. The van der Waals surface area contributed by atoms with Crippen molar-refractivity contribution in [3.05, 3.63) is 70.7 Å². The second kappa shape index (κ2) is 7.08. The van der Waals surface area contributed by atoms with E-state index in [4.69, 9.17) is 21.1 Å². The van der Waals surface area contributed by atoms with Crippen molar-refractivity contribution in [2.45, 2.75) is 25.7 Å². The van der Waals surface area contributed by atoms with Crippen LogP contribution in [0, 0.1) is 5.92 Å². The molecule has 1 heterocycles. The summed E-state index contributed by atoms with van der Waals surface area (Å²) in [5, 5.41) is 0.795. The van der Waals surface area contributed by atoms with E-state index >= 15 is 0 Å². The molecular formula is C18H19ClO2. The standard InChI is InChI=1S/C18H19ClO2/c19-17-8-4-7-15(10-17)9-16-11-18(21-13-16)20-12-14-5-2-1-3-6-14/h1-8,10,16,18H,9,11-13H2/t16-,18-/m1/s1. The molecule has 2 aromatic rings. The average Bonchev–Trinajstić information content (AvgIpc) is 2.94. The minimum absolute atomic E-state index is 0.0885. The van der Waals surface area contributed by atoms with Gasteiger partial charge in [0.25, 0.3) is 0 Å². The van der Waals surface area contributed by atoms with Crippen LogP contribution in [-0.2, 0) is 22.5 Å². The van der Waals surface area contributed by atoms with Crippen LogP contribution in [0.15, 0.2) is 54.6 Å². The van der Waals surface area contributed by atoms with Gasteiger partial charge in [-0.15, -0.1) is 0 Å². The van der Waals surface area contributed by atoms with Crippen molar-refractivity contribution in [2.24, 2.45) is 5.92 Å². The van der Waals surface area contributed by atoms with Crippen LogP contribution in [0.5, 0.6) is 0 Å². The Kier molecular flexibility index (Phi) is 4.91. The third kappa shape index (κ3) is 4.31. The van der Waals surface area contributed by atoms with E-state index in [1.165, 1.54) is 11.1 Å². The van der Waals surface area contributed by atoms with E-state index in [1.54, 1.807) is 0 Å². The van der Waals surface area contributed by atoms with E-state index in [0.717, 1.165) is 24.5 Å². The van der Waals surface area contributed by atoms with E-state index in [-0.39, 0.29) is 6.29 Å². The second-order valence-corrected chi connectivity index (χ2v) is 5.93. The molecule has 1 fully saturated rings. The molecule has 0 saturated carbocycles. The van der Waals surface area contributed by atoms with Crippen molar-refractivity contribution >= 4 is 11.6 Å². The Hall–Kier alpha value is -1.35. The second-order valence-electron chi connectivity index (χ2n) is 5.50. The number of rotatable bonds is 5. The van der Waals surface area contributed by atoms with Crippen LogP contribution in [0.3, 0.4) is 0 Å². The zero-order valence-corrected chi connectivity index (χ0v) is 12.6. The van der Waals surface area contributed by atoms with Gasteiger partial charge in [-0.25, -0.2) is 0 Å². The summed E-state index contributed by atoms with van der Waals surface area (Å²) in [7, 11) is 0. The Morgan fingerprint density at radius 1 is 1.05 bits per heavy atom. The van der Waals surface area contributed by atoms with Gasteiger partial charge in [-0.1, -0.05) is 54.1 Å². The molecule has 0 spiro atoms. The van der Waals surface area contributed by atoms with Crippen LogP contribution in [0.1, 0.15) is 17.5 Å². The molecule has 0 aliphatic carbocycles. The molecule has 2 aromatic carbocycles. The zero-order chi connectivity index (χ0) is 14.5. The van der Waals surface area contributed by atoms with Crippen molar-refractivity contribution in [3.63, 3.8) is 0 Å². The lowest BCUT2D eigenvalue weighted by Gasteiger charge is -2.11. The van der Waals surface area contributed by atoms with Gasteiger partial charge in [0.1, 0.15) is 0 Å². The molecule has 3 heteroatoms. The Morgan fingerprint density at radius 2 is 1.86 bits per heavy atom. The molecular weight excluding hydrogens is 284 g/mol. The van der Waals surface area contributed by atoms with E-state index in [0.29, 0.717) is 12.5 Å². The molecule has 110 valence electrons. The smallest absolute Gasteiger partial charge is 0.158 e. The van der Waals surface area contributed by atoms with Crippen LogP contribution in [0.2, 0.25) is 5.02 Å². The normalized spacial score (nSPS) is 21.6. The average molecular weight is 303 g/mol. The van der Waals surface area contributed by atoms with Crippen molar-refractivity contribution in [1.82, 2.24) is 0 Å². The maximum absolute atomic E-state index is 6.02. The van der Waals surface area contributed by atoms with Gasteiger partial charge in [-0.2, -0.15) is 0 Å². The van der Waals surface area contributed by atoms with Crippen molar-refractivity contribution in [3.8, 4) is 0 Å². The highest BCUT2D eigenvalue weighted by Crippen LogP contribution is 2.25. The summed E-state index contributed by atoms with van der Waals surface area (Å²) in [5.74, 6) is 0.504. The van der Waals surface area contributed by atoms with Crippen LogP contribution in [0.25, 0.3) is 0 Å². The predicted molar refractivity (Wildman–Crippen MR) is 84.2 cm³/mol. The Balaban J connectivity index is 1.47. The molecule has 2 nitrogen and oxygen atoms in total. The van der Waals surface area contributed by atoms with Gasteiger partial charge in [-0.05, 0) is 35.6 Å². The highest BCUT2D eigenvalue weighted by Gasteiger charge is 2.26. The van der Waals surface area contributed by atoms with Crippen LogP contribution in [-0.4, -0.2) is 12.9 Å². The van der Waals surface area contributed by atoms with Gasteiger partial charge in [0.2, 0.25) is 0 Å². The molecule has 0 aromatic heterocycles. The summed E-state index contributed by atoms with van der Waals surface area (Å²) in [6.45, 7) is 1.36. The van der Waals surface area contributed by atoms with E-state index in [1.807, 2.05) is 36.4 Å². The van der Waals surface area contributed by atoms with Crippen molar-refractivity contribution in [1.29, 1.82) is 0 Å². The minimum Gasteiger partial charge on any atom is -0.352 e. The number of ether oxygens (including phenoxy) is 2. The van der Waals surface area contributed by atoms with Crippen LogP contribution < -0.4 is 0 Å². The van der Waals surface area contributed by atoms with E-state index in [9.17, 15) is 0 Å². The van der Waals surface area contributed by atoms with Gasteiger partial charge in [0.15, 0.2) is 6.29 Å². The zero-order valence-electron chi connectivity index (χ0n) is 11.9. The summed E-state index contributed by atoms with van der Waals surface area (Å²) < 4.78 is 11.6. The lowest BCUT2D eigenvalue weighted by molar-refractivity contribution is -0.118. The summed E-state index contributed by atoms with van der Waals surface area (Å²) in [4.78, 5) is 0. The van der Waals surface area contributed by atoms with Crippen molar-refractivity contribution in [2.75, 3.05) is 6.61 Å². The number of halogens is 1. The van der Waals surface area contributed by atoms with Gasteiger partial charge < -0.3 is 9.47 Å². The van der Waals surface area contributed by atoms with Gasteiger partial charge in [-0.3, -0.25) is 0 Å². The number of hydrogen-bond donors (Lipinski definition) is 0. The van der Waals surface area contributed by atoms with E-state index in [2.05, 4.69) is 18.2 Å². The minimum atomic E-state index is -0.0885. The Bertz CT molecular complexity index is 570. The molecule has 2 atom stereocenters. The monoisotopic (exact) mass is 302 g/mol. The summed E-state index contributed by atoms with van der Waals surface area (Å²) in [6, 6.07) is 18.2. The SMILES string of the molecule is Clc1cccc(C[C@H]2CO[C@@H](OCc3ccccc3)C2)c1. The highest BCUT2D eigenvalue weighted by molar-refractivity contribution is 6.30. The molecule has 0 N–H and O–H groups in total. The fourth-order valence-electron chi connectivity index (χ4n) is 2.67. The topological polar surface area (TPSA) is 18.5 Å². The molecule has 1 aliphatic rings. The fourth-order valence-corrected chi connectivity index (χ4v) is 2.88.